The molecule has 36 heavy (non-hydrogen) atoms. The van der Waals surface area contributed by atoms with Crippen molar-refractivity contribution in [3.63, 3.8) is 0 Å². The maximum absolute atomic E-state index is 15.4. The van der Waals surface area contributed by atoms with E-state index in [2.05, 4.69) is 35.8 Å². The van der Waals surface area contributed by atoms with Crippen LogP contribution in [0.1, 0.15) is 24.1 Å². The molecule has 4 aromatic rings. The molecule has 0 aliphatic carbocycles. The van der Waals surface area contributed by atoms with Gasteiger partial charge in [0.1, 0.15) is 29.0 Å². The topological polar surface area (TPSA) is 78.2 Å². The van der Waals surface area contributed by atoms with Gasteiger partial charge in [0.15, 0.2) is 5.65 Å². The highest BCUT2D eigenvalue weighted by molar-refractivity contribution is 9.10. The fraction of sp³-hybridized carbons (Fsp3) is 0.385. The Labute approximate surface area is 216 Å². The zero-order valence-electron chi connectivity index (χ0n) is 20.1. The fourth-order valence-electron chi connectivity index (χ4n) is 5.23. The Balaban J connectivity index is 1.36. The van der Waals surface area contributed by atoms with E-state index in [-0.39, 0.29) is 24.5 Å². The minimum Gasteiger partial charge on any atom is -0.489 e. The highest BCUT2D eigenvalue weighted by Gasteiger charge is 2.35. The van der Waals surface area contributed by atoms with Gasteiger partial charge in [-0.25, -0.2) is 9.37 Å². The number of piperidine rings is 3. The van der Waals surface area contributed by atoms with Crippen molar-refractivity contribution in [2.45, 2.75) is 32.4 Å². The molecule has 186 valence electrons. The summed E-state index contributed by atoms with van der Waals surface area (Å²) in [5, 5.41) is 0. The van der Waals surface area contributed by atoms with Crippen molar-refractivity contribution in [3.8, 4) is 23.1 Å². The number of ether oxygens (including phenoxy) is 2. The Kier molecular flexibility index (Phi) is 6.08. The number of methoxy groups -OCH3 is 1. The highest BCUT2D eigenvalue weighted by atomic mass is 79.9. The largest absolute Gasteiger partial charge is 0.489 e. The number of aromatic nitrogens is 5. The summed E-state index contributed by atoms with van der Waals surface area (Å²) in [5.74, 6) is 1.42. The minimum absolute atomic E-state index is 0.123. The van der Waals surface area contributed by atoms with Crippen LogP contribution < -0.4 is 9.47 Å². The van der Waals surface area contributed by atoms with Crippen molar-refractivity contribution >= 4 is 27.1 Å². The fourth-order valence-corrected chi connectivity index (χ4v) is 5.59. The molecule has 8 nitrogen and oxygen atoms in total. The van der Waals surface area contributed by atoms with E-state index in [0.29, 0.717) is 39.9 Å². The standard InChI is InChI=1S/C26H26BrFN6O2/c1-15-23-25(32-26(30-15)35-2)34(24(31-23)18-9-19(27)12-29-11-18)13-17-3-4-20(10-21(17)28)36-22-14-33-7-5-16(22)6-8-33/h3-4,9-12,16,22H,5-8,13-14H2,1-2H3. The Morgan fingerprint density at radius 3 is 2.64 bits per heavy atom. The van der Waals surface area contributed by atoms with Gasteiger partial charge in [-0.2, -0.15) is 9.97 Å². The first-order valence-corrected chi connectivity index (χ1v) is 12.8. The lowest BCUT2D eigenvalue weighted by Gasteiger charge is -2.44. The van der Waals surface area contributed by atoms with Crippen LogP contribution in [0.15, 0.2) is 41.1 Å². The first-order chi connectivity index (χ1) is 17.5. The molecule has 7 rings (SSSR count). The van der Waals surface area contributed by atoms with Crippen LogP contribution >= 0.6 is 15.9 Å². The van der Waals surface area contributed by atoms with Gasteiger partial charge in [-0.05, 0) is 66.8 Å². The van der Waals surface area contributed by atoms with Gasteiger partial charge >= 0.3 is 6.01 Å². The van der Waals surface area contributed by atoms with Crippen LogP contribution in [0.2, 0.25) is 0 Å². The van der Waals surface area contributed by atoms with E-state index in [1.54, 1.807) is 18.5 Å². The first kappa shape index (κ1) is 23.3. The van der Waals surface area contributed by atoms with Crippen LogP contribution in [0.3, 0.4) is 0 Å². The van der Waals surface area contributed by atoms with E-state index in [4.69, 9.17) is 14.5 Å². The first-order valence-electron chi connectivity index (χ1n) is 12.1. The van der Waals surface area contributed by atoms with Crippen molar-refractivity contribution in [1.29, 1.82) is 0 Å². The molecule has 1 atom stereocenters. The molecule has 3 fully saturated rings. The number of aryl methyl sites for hydroxylation is 1. The summed E-state index contributed by atoms with van der Waals surface area (Å²) in [6, 6.07) is 7.29. The van der Waals surface area contributed by atoms with Crippen LogP contribution in [0, 0.1) is 18.7 Å². The number of fused-ring (bicyclic) bond motifs is 4. The normalized spacial score (nSPS) is 21.2. The molecule has 0 spiro atoms. The third kappa shape index (κ3) is 4.32. The number of imidazole rings is 1. The molecule has 0 saturated carbocycles. The lowest BCUT2D eigenvalue weighted by atomic mass is 9.86. The highest BCUT2D eigenvalue weighted by Crippen LogP contribution is 2.32. The molecule has 0 radical (unpaired) electrons. The molecule has 3 aromatic heterocycles. The molecule has 1 aromatic carbocycles. The molecule has 6 heterocycles. The Hall–Kier alpha value is -3.11. The van der Waals surface area contributed by atoms with Crippen molar-refractivity contribution < 1.29 is 13.9 Å². The van der Waals surface area contributed by atoms with Crippen molar-refractivity contribution in [3.05, 3.63) is 58.2 Å². The van der Waals surface area contributed by atoms with E-state index < -0.39 is 0 Å². The van der Waals surface area contributed by atoms with Crippen LogP contribution in [-0.4, -0.2) is 62.3 Å². The molecule has 1 unspecified atom stereocenters. The summed E-state index contributed by atoms with van der Waals surface area (Å²) in [6.07, 6.45) is 5.85. The Morgan fingerprint density at radius 1 is 1.11 bits per heavy atom. The van der Waals surface area contributed by atoms with Crippen LogP contribution in [0.5, 0.6) is 11.8 Å². The lowest BCUT2D eigenvalue weighted by Crippen LogP contribution is -2.52. The van der Waals surface area contributed by atoms with Crippen molar-refractivity contribution in [2.75, 3.05) is 26.7 Å². The molecule has 3 aliphatic heterocycles. The quantitative estimate of drug-likeness (QED) is 0.345. The third-order valence-electron chi connectivity index (χ3n) is 7.13. The van der Waals surface area contributed by atoms with E-state index in [0.717, 1.165) is 42.5 Å². The van der Waals surface area contributed by atoms with Crippen molar-refractivity contribution in [1.82, 2.24) is 29.4 Å². The minimum atomic E-state index is -0.327. The van der Waals surface area contributed by atoms with Gasteiger partial charge in [0, 0.05) is 40.6 Å². The summed E-state index contributed by atoms with van der Waals surface area (Å²) in [5.41, 5.74) is 3.18. The maximum atomic E-state index is 15.4. The van der Waals surface area contributed by atoms with Gasteiger partial charge in [0.25, 0.3) is 0 Å². The summed E-state index contributed by atoms with van der Waals surface area (Å²) in [7, 11) is 1.52. The van der Waals surface area contributed by atoms with Gasteiger partial charge in [-0.1, -0.05) is 6.07 Å². The number of nitrogens with zero attached hydrogens (tertiary/aromatic N) is 6. The van der Waals surface area contributed by atoms with E-state index in [1.807, 2.05) is 23.6 Å². The number of hydrogen-bond donors (Lipinski definition) is 0. The Morgan fingerprint density at radius 2 is 1.94 bits per heavy atom. The predicted molar refractivity (Wildman–Crippen MR) is 137 cm³/mol. The van der Waals surface area contributed by atoms with Gasteiger partial charge in [-0.3, -0.25) is 9.88 Å². The second kappa shape index (κ2) is 9.40. The molecule has 10 heteroatoms. The lowest BCUT2D eigenvalue weighted by molar-refractivity contribution is -0.00789. The number of rotatable bonds is 6. The van der Waals surface area contributed by atoms with E-state index in [9.17, 15) is 0 Å². The molecule has 0 N–H and O–H groups in total. The van der Waals surface area contributed by atoms with Gasteiger partial charge < -0.3 is 14.0 Å². The SMILES string of the molecule is COc1nc(C)c2nc(-c3cncc(Br)c3)n(Cc3ccc(OC4CN5CCC4CC5)cc3F)c2n1. The monoisotopic (exact) mass is 552 g/mol. The number of benzene rings is 1. The molecule has 2 bridgehead atoms. The second-order valence-electron chi connectivity index (χ2n) is 9.43. The maximum Gasteiger partial charge on any atom is 0.318 e. The average Bonchev–Trinajstić information content (AvgIpc) is 3.25. The van der Waals surface area contributed by atoms with Gasteiger partial charge in [-0.15, -0.1) is 0 Å². The Bertz CT molecular complexity index is 1440. The predicted octanol–water partition coefficient (Wildman–Crippen LogP) is 4.63. The summed E-state index contributed by atoms with van der Waals surface area (Å²) < 4.78 is 29.6. The molecule has 0 amide bonds. The molecule has 3 saturated heterocycles. The number of hydrogen-bond acceptors (Lipinski definition) is 7. The van der Waals surface area contributed by atoms with Gasteiger partial charge in [0.2, 0.25) is 0 Å². The van der Waals surface area contributed by atoms with Crippen LogP contribution in [-0.2, 0) is 6.54 Å². The molecular formula is C26H26BrFN6O2. The second-order valence-corrected chi connectivity index (χ2v) is 10.3. The molecular weight excluding hydrogens is 527 g/mol. The van der Waals surface area contributed by atoms with Crippen molar-refractivity contribution in [2.24, 2.45) is 5.92 Å². The smallest absolute Gasteiger partial charge is 0.318 e. The number of halogens is 2. The third-order valence-corrected chi connectivity index (χ3v) is 7.56. The average molecular weight is 553 g/mol. The van der Waals surface area contributed by atoms with E-state index in [1.165, 1.54) is 13.2 Å². The van der Waals surface area contributed by atoms with Crippen LogP contribution in [0.4, 0.5) is 4.39 Å². The van der Waals surface area contributed by atoms with E-state index >= 15 is 4.39 Å². The summed E-state index contributed by atoms with van der Waals surface area (Å²) in [6.45, 7) is 5.28. The van der Waals surface area contributed by atoms with Crippen LogP contribution in [0.25, 0.3) is 22.6 Å². The zero-order valence-corrected chi connectivity index (χ0v) is 21.7. The number of pyridine rings is 1. The summed E-state index contributed by atoms with van der Waals surface area (Å²) >= 11 is 3.48. The zero-order chi connectivity index (χ0) is 24.8. The van der Waals surface area contributed by atoms with Gasteiger partial charge in [0.05, 0.1) is 19.3 Å². The molecule has 3 aliphatic rings. The summed E-state index contributed by atoms with van der Waals surface area (Å²) in [4.78, 5) is 20.4.